The van der Waals surface area contributed by atoms with Gasteiger partial charge in [0, 0.05) is 6.42 Å². The predicted molar refractivity (Wildman–Crippen MR) is 117 cm³/mol. The van der Waals surface area contributed by atoms with E-state index in [-0.39, 0.29) is 36.0 Å². The molecule has 0 aromatic carbocycles. The molecule has 0 amide bonds. The Labute approximate surface area is 198 Å². The van der Waals surface area contributed by atoms with E-state index in [1.54, 1.807) is 0 Å². The molecule has 0 spiro atoms. The van der Waals surface area contributed by atoms with Crippen LogP contribution in [0.25, 0.3) is 0 Å². The monoisotopic (exact) mass is 496 g/mol. The van der Waals surface area contributed by atoms with Crippen LogP contribution in [0.2, 0.25) is 0 Å². The van der Waals surface area contributed by atoms with E-state index < -0.39 is 23.6 Å². The summed E-state index contributed by atoms with van der Waals surface area (Å²) in [5, 5.41) is 20.1. The smallest absolute Gasteiger partial charge is 0.381 e. The Morgan fingerprint density at radius 3 is 2.26 bits per heavy atom. The summed E-state index contributed by atoms with van der Waals surface area (Å²) in [6, 6.07) is 0. The molecule has 4 aliphatic rings. The second-order valence-corrected chi connectivity index (χ2v) is 12.4. The lowest BCUT2D eigenvalue weighted by atomic mass is 9.46. The van der Waals surface area contributed by atoms with Crippen LogP contribution in [0.1, 0.15) is 91.4 Å². The second-order valence-electron chi connectivity index (χ2n) is 12.4. The van der Waals surface area contributed by atoms with Gasteiger partial charge in [-0.25, -0.2) is 0 Å². The largest absolute Gasteiger partial charge is 0.417 e. The Kier molecular flexibility index (Phi) is 6.28. The average molecular weight is 497 g/mol. The normalized spacial score (nSPS) is 44.5. The third-order valence-corrected chi connectivity index (χ3v) is 10.7. The van der Waals surface area contributed by atoms with Gasteiger partial charge in [-0.05, 0) is 106 Å². The van der Waals surface area contributed by atoms with Crippen LogP contribution in [0.4, 0.5) is 26.3 Å². The molecule has 0 radical (unpaired) electrons. The zero-order valence-electron chi connectivity index (χ0n) is 20.3. The Hall–Kier alpha value is -0.760. The third-order valence-electron chi connectivity index (χ3n) is 10.7. The molecule has 8 heteroatoms. The van der Waals surface area contributed by atoms with Crippen molar-refractivity contribution in [3.8, 4) is 0 Å². The fourth-order valence-electron chi connectivity index (χ4n) is 8.31. The number of rotatable bonds is 4. The van der Waals surface area contributed by atoms with E-state index in [0.717, 1.165) is 44.6 Å². The fourth-order valence-corrected chi connectivity index (χ4v) is 8.31. The first-order chi connectivity index (χ1) is 15.4. The maximum absolute atomic E-state index is 13.5. The summed E-state index contributed by atoms with van der Waals surface area (Å²) in [6.45, 7) is 5.19. The van der Waals surface area contributed by atoms with E-state index in [9.17, 15) is 36.6 Å². The Morgan fingerprint density at radius 2 is 1.65 bits per heavy atom. The van der Waals surface area contributed by atoms with Crippen molar-refractivity contribution in [3.05, 3.63) is 11.6 Å². The van der Waals surface area contributed by atoms with Crippen molar-refractivity contribution in [2.45, 2.75) is 115 Å². The van der Waals surface area contributed by atoms with Gasteiger partial charge in [-0.3, -0.25) is 0 Å². The molecular weight excluding hydrogens is 458 g/mol. The maximum atomic E-state index is 13.5. The molecule has 0 heterocycles. The summed E-state index contributed by atoms with van der Waals surface area (Å²) in [7, 11) is 0. The van der Waals surface area contributed by atoms with Gasteiger partial charge < -0.3 is 10.2 Å². The molecule has 8 atom stereocenters. The molecule has 4 rings (SSSR count). The molecule has 2 nitrogen and oxygen atoms in total. The zero-order valence-corrected chi connectivity index (χ0v) is 20.3. The molecule has 196 valence electrons. The number of hydrogen-bond donors (Lipinski definition) is 2. The van der Waals surface area contributed by atoms with Crippen LogP contribution < -0.4 is 0 Å². The SMILES string of the molecule is CC(O)(CCC[C@@H]1CC[C@H]2[C@@H]3CC=C4C[C@](O)(C(F)(F)F)CC[C@]4(C)[C@H]3CC[C@]12C)C(F)(F)F. The Balaban J connectivity index is 1.47. The number of allylic oxidation sites excluding steroid dienone is 1. The van der Waals surface area contributed by atoms with Gasteiger partial charge in [0.25, 0.3) is 0 Å². The minimum Gasteiger partial charge on any atom is -0.381 e. The second kappa shape index (κ2) is 8.12. The predicted octanol–water partition coefficient (Wildman–Crippen LogP) is 7.34. The third kappa shape index (κ3) is 4.03. The van der Waals surface area contributed by atoms with Crippen LogP contribution >= 0.6 is 0 Å². The van der Waals surface area contributed by atoms with Gasteiger partial charge in [-0.15, -0.1) is 0 Å². The molecule has 3 fully saturated rings. The van der Waals surface area contributed by atoms with E-state index in [2.05, 4.69) is 13.8 Å². The van der Waals surface area contributed by atoms with E-state index in [4.69, 9.17) is 0 Å². The average Bonchev–Trinajstić information content (AvgIpc) is 3.03. The zero-order chi connectivity index (χ0) is 25.4. The first kappa shape index (κ1) is 26.3. The van der Waals surface area contributed by atoms with Crippen molar-refractivity contribution < 1.29 is 36.6 Å². The van der Waals surface area contributed by atoms with Crippen LogP contribution in [0.5, 0.6) is 0 Å². The van der Waals surface area contributed by atoms with Gasteiger partial charge in [0.1, 0.15) is 0 Å². The molecule has 0 saturated heterocycles. The molecule has 0 aromatic heterocycles. The summed E-state index contributed by atoms with van der Waals surface area (Å²) in [4.78, 5) is 0. The van der Waals surface area contributed by atoms with Crippen molar-refractivity contribution >= 4 is 0 Å². The van der Waals surface area contributed by atoms with Gasteiger partial charge in [0.15, 0.2) is 11.2 Å². The first-order valence-electron chi connectivity index (χ1n) is 12.7. The van der Waals surface area contributed by atoms with Gasteiger partial charge >= 0.3 is 12.4 Å². The standard InChI is InChI=1S/C26H38F6O2/c1-21-12-10-20-18(8-6-17-15-24(34,26(30,31)32)14-13-22(17,20)2)19(21)9-7-16(21)5-4-11-23(3,33)25(27,28)29/h6,16,18-20,33-34H,4-5,7-15H2,1-3H3/t16-,18+,19+,20+,21-,22+,23?,24+/m1/s1. The van der Waals surface area contributed by atoms with E-state index in [1.165, 1.54) is 0 Å². The molecule has 0 bridgehead atoms. The minimum absolute atomic E-state index is 0.0222. The van der Waals surface area contributed by atoms with E-state index in [0.29, 0.717) is 37.0 Å². The van der Waals surface area contributed by atoms with Crippen molar-refractivity contribution in [1.29, 1.82) is 0 Å². The van der Waals surface area contributed by atoms with Crippen LogP contribution in [-0.2, 0) is 0 Å². The summed E-state index contributed by atoms with van der Waals surface area (Å²) in [5.41, 5.74) is -4.85. The number of hydrogen-bond acceptors (Lipinski definition) is 2. The Morgan fingerprint density at radius 1 is 0.971 bits per heavy atom. The van der Waals surface area contributed by atoms with Crippen molar-refractivity contribution in [2.24, 2.45) is 34.5 Å². The molecule has 0 aromatic rings. The summed E-state index contributed by atoms with van der Waals surface area (Å²) < 4.78 is 79.5. The Bertz CT molecular complexity index is 817. The molecule has 4 aliphatic carbocycles. The van der Waals surface area contributed by atoms with Gasteiger partial charge in [0.2, 0.25) is 0 Å². The summed E-state index contributed by atoms with van der Waals surface area (Å²) >= 11 is 0. The van der Waals surface area contributed by atoms with Crippen LogP contribution in [-0.4, -0.2) is 33.8 Å². The lowest BCUT2D eigenvalue weighted by Gasteiger charge is -2.59. The van der Waals surface area contributed by atoms with Crippen LogP contribution in [0.15, 0.2) is 11.6 Å². The highest BCUT2D eigenvalue weighted by Gasteiger charge is 2.63. The molecule has 3 saturated carbocycles. The number of halogens is 6. The number of alkyl halides is 6. The number of fused-ring (bicyclic) bond motifs is 5. The summed E-state index contributed by atoms with van der Waals surface area (Å²) in [5.74, 6) is 1.38. The van der Waals surface area contributed by atoms with Gasteiger partial charge in [-0.1, -0.05) is 25.5 Å². The first-order valence-corrected chi connectivity index (χ1v) is 12.7. The minimum atomic E-state index is -4.63. The molecule has 1 unspecified atom stereocenters. The highest BCUT2D eigenvalue weighted by molar-refractivity contribution is 5.27. The molecular formula is C26H38F6O2. The molecule has 0 aliphatic heterocycles. The number of aliphatic hydroxyl groups is 2. The molecule has 34 heavy (non-hydrogen) atoms. The maximum Gasteiger partial charge on any atom is 0.417 e. The fraction of sp³-hybridized carbons (Fsp3) is 0.923. The van der Waals surface area contributed by atoms with Crippen molar-refractivity contribution in [2.75, 3.05) is 0 Å². The van der Waals surface area contributed by atoms with Gasteiger partial charge in [0.05, 0.1) is 0 Å². The lowest BCUT2D eigenvalue weighted by Crippen LogP contribution is -2.55. The lowest BCUT2D eigenvalue weighted by molar-refractivity contribution is -0.271. The quantitative estimate of drug-likeness (QED) is 0.316. The van der Waals surface area contributed by atoms with Crippen LogP contribution in [0, 0.1) is 34.5 Å². The van der Waals surface area contributed by atoms with E-state index in [1.807, 2.05) is 6.08 Å². The molecule has 2 N–H and O–H groups in total. The van der Waals surface area contributed by atoms with Crippen LogP contribution in [0.3, 0.4) is 0 Å². The van der Waals surface area contributed by atoms with E-state index >= 15 is 0 Å². The highest BCUT2D eigenvalue weighted by Crippen LogP contribution is 2.67. The van der Waals surface area contributed by atoms with Crippen molar-refractivity contribution in [1.82, 2.24) is 0 Å². The van der Waals surface area contributed by atoms with Gasteiger partial charge in [-0.2, -0.15) is 26.3 Å². The van der Waals surface area contributed by atoms with Crippen molar-refractivity contribution in [3.63, 3.8) is 0 Å². The summed E-state index contributed by atoms with van der Waals surface area (Å²) in [6.07, 6.45) is -2.35. The topological polar surface area (TPSA) is 40.5 Å². The highest BCUT2D eigenvalue weighted by atomic mass is 19.4.